The van der Waals surface area contributed by atoms with E-state index in [1.54, 1.807) is 0 Å². The summed E-state index contributed by atoms with van der Waals surface area (Å²) in [6.45, 7) is 1.49. The Balaban J connectivity index is 2.61. The van der Waals surface area contributed by atoms with Crippen LogP contribution in [0.1, 0.15) is 40.4 Å². The molecule has 1 aliphatic carbocycles. The Kier molecular flexibility index (Phi) is 2.30. The highest BCUT2D eigenvalue weighted by atomic mass is 16.4. The van der Waals surface area contributed by atoms with E-state index in [1.165, 1.54) is 6.92 Å². The van der Waals surface area contributed by atoms with Gasteiger partial charge in [0.05, 0.1) is 0 Å². The molecule has 0 bridgehead atoms. The van der Waals surface area contributed by atoms with Crippen molar-refractivity contribution in [3.63, 3.8) is 0 Å². The molecule has 1 atom stereocenters. The summed E-state index contributed by atoms with van der Waals surface area (Å²) in [6, 6.07) is 0. The van der Waals surface area contributed by atoms with Gasteiger partial charge in [-0.05, 0) is 19.2 Å². The molecule has 0 aromatic rings. The highest BCUT2D eigenvalue weighted by molar-refractivity contribution is 5.77. The molecule has 0 spiro atoms. The minimum Gasteiger partial charge on any atom is -0.480 e. The van der Waals surface area contributed by atoms with Gasteiger partial charge in [-0.3, -0.25) is 4.79 Å². The highest BCUT2D eigenvalue weighted by Gasteiger charge is 2.32. The number of carboxylic acid groups (broad SMARTS) is 1. The average molecular weight is 172 g/mol. The monoisotopic (exact) mass is 172 g/mol. The van der Waals surface area contributed by atoms with E-state index in [4.69, 9.17) is 12.2 Å². The predicted molar refractivity (Wildman–Crippen MR) is 46.8 cm³/mol. The molecule has 0 radical (unpaired) electrons. The molecule has 1 rings (SSSR count). The molecule has 3 nitrogen and oxygen atoms in total. The summed E-state index contributed by atoms with van der Waals surface area (Å²) < 4.78 is 7.99. The van der Waals surface area contributed by atoms with Crippen LogP contribution in [0.15, 0.2) is 0 Å². The maximum atomic E-state index is 10.7. The van der Waals surface area contributed by atoms with Crippen LogP contribution in [0.2, 0.25) is 0 Å². The Morgan fingerprint density at radius 3 is 2.67 bits per heavy atom. The van der Waals surface area contributed by atoms with Gasteiger partial charge in [0, 0.05) is 1.37 Å². The maximum absolute atomic E-state index is 10.7. The van der Waals surface area contributed by atoms with Crippen molar-refractivity contribution in [2.24, 2.45) is 11.6 Å². The number of aliphatic carboxylic acids is 1. The van der Waals surface area contributed by atoms with Crippen molar-refractivity contribution in [2.75, 3.05) is 0 Å². The van der Waals surface area contributed by atoms with Crippen LogP contribution in [-0.4, -0.2) is 16.6 Å². The molecular formula is C9H17NO2. The minimum atomic E-state index is -1.24. The third kappa shape index (κ3) is 2.21. The maximum Gasteiger partial charge on any atom is 0.323 e. The topological polar surface area (TPSA) is 63.3 Å². The van der Waals surface area contributed by atoms with Crippen molar-refractivity contribution < 1.29 is 11.3 Å². The van der Waals surface area contributed by atoms with Crippen LogP contribution in [0.25, 0.3) is 0 Å². The van der Waals surface area contributed by atoms with Crippen molar-refractivity contribution in [1.82, 2.24) is 0 Å². The second-order valence-corrected chi connectivity index (χ2v) is 3.86. The van der Waals surface area contributed by atoms with Crippen LogP contribution in [0.5, 0.6) is 0 Å². The molecule has 3 N–H and O–H groups in total. The van der Waals surface area contributed by atoms with Crippen LogP contribution in [0.4, 0.5) is 0 Å². The molecule has 12 heavy (non-hydrogen) atoms. The zero-order chi connectivity index (χ0) is 10.1. The van der Waals surface area contributed by atoms with Gasteiger partial charge in [0.25, 0.3) is 0 Å². The minimum absolute atomic E-state index is 0.259. The molecule has 0 amide bonds. The normalized spacial score (nSPS) is 27.7. The lowest BCUT2D eigenvalue weighted by molar-refractivity contribution is -0.143. The fraction of sp³-hybridized carbons (Fsp3) is 0.889. The van der Waals surface area contributed by atoms with Crippen molar-refractivity contribution >= 4 is 5.97 Å². The van der Waals surface area contributed by atoms with Gasteiger partial charge in [-0.25, -0.2) is 0 Å². The summed E-state index contributed by atoms with van der Waals surface area (Å²) in [7, 11) is 0. The molecule has 3 heteroatoms. The Morgan fingerprint density at radius 2 is 2.25 bits per heavy atom. The lowest BCUT2D eigenvalue weighted by Gasteiger charge is -2.22. The first-order chi connectivity index (χ1) is 5.86. The van der Waals surface area contributed by atoms with E-state index in [-0.39, 0.29) is 6.42 Å². The van der Waals surface area contributed by atoms with E-state index in [9.17, 15) is 4.79 Å². The van der Waals surface area contributed by atoms with E-state index in [0.717, 1.165) is 25.7 Å². The van der Waals surface area contributed by atoms with Crippen molar-refractivity contribution in [1.29, 1.82) is 0 Å². The van der Waals surface area contributed by atoms with Gasteiger partial charge >= 0.3 is 5.97 Å². The van der Waals surface area contributed by atoms with Gasteiger partial charge in [0.1, 0.15) is 5.54 Å². The number of rotatable bonds is 3. The van der Waals surface area contributed by atoms with Gasteiger partial charge in [-0.2, -0.15) is 0 Å². The number of nitrogens with two attached hydrogens (primary N) is 1. The number of hydrogen-bond donors (Lipinski definition) is 2. The molecule has 1 saturated carbocycles. The predicted octanol–water partition coefficient (Wildman–Crippen LogP) is 1.37. The fourth-order valence-electron chi connectivity index (χ4n) is 1.65. The first-order valence-corrected chi connectivity index (χ1v) is 4.38. The van der Waals surface area contributed by atoms with Gasteiger partial charge in [0.2, 0.25) is 0 Å². The van der Waals surface area contributed by atoms with Crippen LogP contribution in [-0.2, 0) is 4.79 Å². The summed E-state index contributed by atoms with van der Waals surface area (Å²) >= 11 is 0. The highest BCUT2D eigenvalue weighted by Crippen LogP contribution is 2.30. The average Bonchev–Trinajstić information content (AvgIpc) is 2.34. The number of carbonyl (C=O) groups is 1. The van der Waals surface area contributed by atoms with Gasteiger partial charge in [0.15, 0.2) is 0 Å². The quantitative estimate of drug-likeness (QED) is 0.675. The lowest BCUT2D eigenvalue weighted by Crippen LogP contribution is -2.46. The van der Waals surface area contributed by atoms with E-state index in [2.05, 4.69) is 0 Å². The van der Waals surface area contributed by atoms with Crippen LogP contribution in [0.3, 0.4) is 0 Å². The van der Waals surface area contributed by atoms with Gasteiger partial charge < -0.3 is 10.8 Å². The van der Waals surface area contributed by atoms with Crippen molar-refractivity contribution in [2.45, 2.75) is 44.6 Å². The van der Waals surface area contributed by atoms with Gasteiger partial charge in [-0.1, -0.05) is 25.7 Å². The molecule has 1 aliphatic rings. The summed E-state index contributed by atoms with van der Waals surface area (Å²) in [5.74, 6) is -1.60. The number of carboxylic acids is 1. The second kappa shape index (κ2) is 3.44. The summed E-state index contributed by atoms with van der Waals surface area (Å²) in [6.07, 6.45) is 3.88. The zero-order valence-corrected chi connectivity index (χ0v) is 7.47. The standard InChI is InChI=1S/C9H17NO2/c1-9(10,8(11)12)6-7-4-2-3-5-7/h7H,2-6,10H2,1H3,(H,11,12)/t9-/m0/s1/i7D. The van der Waals surface area contributed by atoms with E-state index in [1.807, 2.05) is 0 Å². The fourth-order valence-corrected chi connectivity index (χ4v) is 1.65. The SMILES string of the molecule is [2H]C1(C[C@](C)(N)C(=O)O)CCCC1. The lowest BCUT2D eigenvalue weighted by atomic mass is 9.89. The third-order valence-corrected chi connectivity index (χ3v) is 2.42. The molecule has 0 aliphatic heterocycles. The second-order valence-electron chi connectivity index (χ2n) is 3.86. The molecule has 0 unspecified atom stereocenters. The molecule has 0 aromatic carbocycles. The molecular weight excluding hydrogens is 154 g/mol. The molecule has 1 fully saturated rings. The molecule has 0 heterocycles. The van der Waals surface area contributed by atoms with E-state index >= 15 is 0 Å². The molecule has 0 aromatic heterocycles. The Hall–Kier alpha value is -0.570. The molecule has 70 valence electrons. The summed E-state index contributed by atoms with van der Waals surface area (Å²) in [5, 5.41) is 8.81. The van der Waals surface area contributed by atoms with Crippen LogP contribution >= 0.6 is 0 Å². The van der Waals surface area contributed by atoms with Crippen LogP contribution in [0, 0.1) is 5.89 Å². The van der Waals surface area contributed by atoms with Gasteiger partial charge in [-0.15, -0.1) is 0 Å². The number of hydrogen-bond acceptors (Lipinski definition) is 2. The third-order valence-electron chi connectivity index (χ3n) is 2.42. The Labute approximate surface area is 74.4 Å². The Morgan fingerprint density at radius 1 is 1.75 bits per heavy atom. The first kappa shape index (κ1) is 8.05. The smallest absolute Gasteiger partial charge is 0.323 e. The zero-order valence-electron chi connectivity index (χ0n) is 8.47. The Bertz CT molecular complexity index is 210. The molecule has 0 saturated heterocycles. The summed E-state index contributed by atoms with van der Waals surface area (Å²) in [5.41, 5.74) is 4.36. The summed E-state index contributed by atoms with van der Waals surface area (Å²) in [4.78, 5) is 10.7. The largest absolute Gasteiger partial charge is 0.480 e. The van der Waals surface area contributed by atoms with Crippen molar-refractivity contribution in [3.05, 3.63) is 0 Å². The van der Waals surface area contributed by atoms with E-state index in [0.29, 0.717) is 0 Å². The first-order valence-electron chi connectivity index (χ1n) is 4.88. The van der Waals surface area contributed by atoms with Crippen LogP contribution < -0.4 is 5.73 Å². The van der Waals surface area contributed by atoms with E-state index < -0.39 is 17.4 Å². The van der Waals surface area contributed by atoms with Crippen molar-refractivity contribution in [3.8, 4) is 0 Å².